The molecule has 0 spiro atoms. The van der Waals surface area contributed by atoms with E-state index < -0.39 is 0 Å². The summed E-state index contributed by atoms with van der Waals surface area (Å²) in [6.07, 6.45) is 0.916. The summed E-state index contributed by atoms with van der Waals surface area (Å²) in [4.78, 5) is 4.94. The Morgan fingerprint density at radius 1 is 1.00 bits per heavy atom. The smallest absolute Gasteiger partial charge is 0.0916 e. The number of nitrogens with zero attached hydrogens (tertiary/aromatic N) is 2. The Kier molecular flexibility index (Phi) is 6.22. The molecule has 0 radical (unpaired) electrons. The SMILES string of the molecule is Cc1ccc(C(O)CN2CCN(CCC(C)C)CC2)cc1. The molecule has 0 aromatic heterocycles. The van der Waals surface area contributed by atoms with E-state index in [0.717, 1.165) is 44.2 Å². The van der Waals surface area contributed by atoms with Crippen molar-refractivity contribution < 1.29 is 5.11 Å². The topological polar surface area (TPSA) is 26.7 Å². The molecule has 1 unspecified atom stereocenters. The molecule has 1 atom stereocenters. The van der Waals surface area contributed by atoms with Gasteiger partial charge in [0.15, 0.2) is 0 Å². The minimum atomic E-state index is -0.368. The van der Waals surface area contributed by atoms with E-state index in [0.29, 0.717) is 0 Å². The molecule has 1 aliphatic rings. The quantitative estimate of drug-likeness (QED) is 0.872. The van der Waals surface area contributed by atoms with E-state index in [2.05, 4.69) is 42.7 Å². The van der Waals surface area contributed by atoms with E-state index in [1.165, 1.54) is 18.5 Å². The summed E-state index contributed by atoms with van der Waals surface area (Å²) in [6, 6.07) is 8.22. The van der Waals surface area contributed by atoms with Crippen molar-refractivity contribution in [3.63, 3.8) is 0 Å². The van der Waals surface area contributed by atoms with Gasteiger partial charge in [-0.05, 0) is 31.4 Å². The van der Waals surface area contributed by atoms with Crippen LogP contribution in [0.1, 0.15) is 37.5 Å². The highest BCUT2D eigenvalue weighted by Gasteiger charge is 2.19. The summed E-state index contributed by atoms with van der Waals surface area (Å²) in [5.41, 5.74) is 2.27. The van der Waals surface area contributed by atoms with Crippen LogP contribution in [0.5, 0.6) is 0 Å². The molecule has 2 rings (SSSR count). The van der Waals surface area contributed by atoms with Crippen LogP contribution in [0.4, 0.5) is 0 Å². The van der Waals surface area contributed by atoms with Gasteiger partial charge in [-0.25, -0.2) is 0 Å². The number of piperazine rings is 1. The van der Waals surface area contributed by atoms with Crippen molar-refractivity contribution in [3.05, 3.63) is 35.4 Å². The Morgan fingerprint density at radius 3 is 2.14 bits per heavy atom. The van der Waals surface area contributed by atoms with Gasteiger partial charge in [0.25, 0.3) is 0 Å². The molecule has 0 aliphatic carbocycles. The van der Waals surface area contributed by atoms with Crippen LogP contribution < -0.4 is 0 Å². The van der Waals surface area contributed by atoms with Crippen molar-refractivity contribution in [3.8, 4) is 0 Å². The predicted octanol–water partition coefficient (Wildman–Crippen LogP) is 2.69. The van der Waals surface area contributed by atoms with Crippen molar-refractivity contribution in [2.45, 2.75) is 33.3 Å². The average molecular weight is 290 g/mol. The third-order valence-corrected chi connectivity index (χ3v) is 4.38. The largest absolute Gasteiger partial charge is 0.387 e. The maximum atomic E-state index is 10.4. The van der Waals surface area contributed by atoms with E-state index in [4.69, 9.17) is 0 Å². The van der Waals surface area contributed by atoms with Crippen molar-refractivity contribution >= 4 is 0 Å². The molecule has 1 aromatic carbocycles. The van der Waals surface area contributed by atoms with Gasteiger partial charge in [0.05, 0.1) is 6.10 Å². The normalized spacial score (nSPS) is 19.1. The number of β-amino-alcohol motifs (C(OH)–C–C–N with tert-alkyl or cyclic N) is 1. The summed E-state index contributed by atoms with van der Waals surface area (Å²) in [5, 5.41) is 10.4. The molecule has 1 heterocycles. The van der Waals surface area contributed by atoms with Crippen LogP contribution in [0.2, 0.25) is 0 Å². The Morgan fingerprint density at radius 2 is 1.57 bits per heavy atom. The molecule has 3 nitrogen and oxygen atoms in total. The third-order valence-electron chi connectivity index (χ3n) is 4.38. The van der Waals surface area contributed by atoms with Gasteiger partial charge in [-0.15, -0.1) is 0 Å². The summed E-state index contributed by atoms with van der Waals surface area (Å²) >= 11 is 0. The van der Waals surface area contributed by atoms with Crippen LogP contribution in [-0.4, -0.2) is 54.2 Å². The first-order chi connectivity index (χ1) is 10.0. The lowest BCUT2D eigenvalue weighted by atomic mass is 10.1. The van der Waals surface area contributed by atoms with Gasteiger partial charge >= 0.3 is 0 Å². The van der Waals surface area contributed by atoms with Crippen LogP contribution in [0.25, 0.3) is 0 Å². The molecule has 1 saturated heterocycles. The summed E-state index contributed by atoms with van der Waals surface area (Å²) < 4.78 is 0. The minimum absolute atomic E-state index is 0.368. The number of benzene rings is 1. The molecular weight excluding hydrogens is 260 g/mol. The Bertz CT molecular complexity index is 408. The molecule has 1 aliphatic heterocycles. The van der Waals surface area contributed by atoms with E-state index in [9.17, 15) is 5.11 Å². The second-order valence-electron chi connectivity index (χ2n) is 6.75. The van der Waals surface area contributed by atoms with Crippen molar-refractivity contribution in [1.29, 1.82) is 0 Å². The number of aliphatic hydroxyl groups is 1. The predicted molar refractivity (Wildman–Crippen MR) is 88.5 cm³/mol. The first-order valence-corrected chi connectivity index (χ1v) is 8.24. The summed E-state index contributed by atoms with van der Waals surface area (Å²) in [6.45, 7) is 13.0. The first-order valence-electron chi connectivity index (χ1n) is 8.24. The zero-order chi connectivity index (χ0) is 15.2. The first kappa shape index (κ1) is 16.5. The van der Waals surface area contributed by atoms with E-state index in [1.807, 2.05) is 12.1 Å². The lowest BCUT2D eigenvalue weighted by Crippen LogP contribution is -2.47. The van der Waals surface area contributed by atoms with Gasteiger partial charge in [-0.3, -0.25) is 4.90 Å². The number of hydrogen-bond acceptors (Lipinski definition) is 3. The Hall–Kier alpha value is -0.900. The number of aliphatic hydroxyl groups excluding tert-OH is 1. The van der Waals surface area contributed by atoms with E-state index in [1.54, 1.807) is 0 Å². The maximum absolute atomic E-state index is 10.4. The molecular formula is C18H30N2O. The molecule has 21 heavy (non-hydrogen) atoms. The Balaban J connectivity index is 1.74. The molecule has 3 heteroatoms. The van der Waals surface area contributed by atoms with Crippen LogP contribution >= 0.6 is 0 Å². The maximum Gasteiger partial charge on any atom is 0.0916 e. The second kappa shape index (κ2) is 7.92. The zero-order valence-corrected chi connectivity index (χ0v) is 13.8. The van der Waals surface area contributed by atoms with Crippen molar-refractivity contribution in [2.24, 2.45) is 5.92 Å². The molecule has 0 saturated carbocycles. The van der Waals surface area contributed by atoms with Crippen LogP contribution in [-0.2, 0) is 0 Å². The highest BCUT2D eigenvalue weighted by Crippen LogP contribution is 2.16. The fourth-order valence-corrected chi connectivity index (χ4v) is 2.77. The summed E-state index contributed by atoms with van der Waals surface area (Å²) in [5.74, 6) is 0.784. The van der Waals surface area contributed by atoms with Crippen LogP contribution in [0, 0.1) is 12.8 Å². The molecule has 1 fully saturated rings. The summed E-state index contributed by atoms with van der Waals surface area (Å²) in [7, 11) is 0. The molecule has 1 N–H and O–H groups in total. The standard InChI is InChI=1S/C18H30N2O/c1-15(2)8-9-19-10-12-20(13-11-19)14-18(21)17-6-4-16(3)5-7-17/h4-7,15,18,21H,8-14H2,1-3H3. The highest BCUT2D eigenvalue weighted by molar-refractivity contribution is 5.23. The van der Waals surface area contributed by atoms with Gasteiger partial charge in [0.1, 0.15) is 0 Å². The van der Waals surface area contributed by atoms with Crippen molar-refractivity contribution in [1.82, 2.24) is 9.80 Å². The molecule has 0 amide bonds. The van der Waals surface area contributed by atoms with Gasteiger partial charge in [-0.1, -0.05) is 43.7 Å². The van der Waals surface area contributed by atoms with E-state index >= 15 is 0 Å². The van der Waals surface area contributed by atoms with E-state index in [-0.39, 0.29) is 6.10 Å². The second-order valence-corrected chi connectivity index (χ2v) is 6.75. The molecule has 0 bridgehead atoms. The Labute approximate surface area is 129 Å². The zero-order valence-electron chi connectivity index (χ0n) is 13.8. The van der Waals surface area contributed by atoms with Gasteiger partial charge < -0.3 is 10.0 Å². The lowest BCUT2D eigenvalue weighted by molar-refractivity contribution is 0.0711. The van der Waals surface area contributed by atoms with Gasteiger partial charge in [-0.2, -0.15) is 0 Å². The van der Waals surface area contributed by atoms with Crippen molar-refractivity contribution in [2.75, 3.05) is 39.3 Å². The fourth-order valence-electron chi connectivity index (χ4n) is 2.77. The van der Waals surface area contributed by atoms with Gasteiger partial charge in [0.2, 0.25) is 0 Å². The van der Waals surface area contributed by atoms with Crippen LogP contribution in [0.3, 0.4) is 0 Å². The third kappa shape index (κ3) is 5.42. The molecule has 118 valence electrons. The number of hydrogen-bond donors (Lipinski definition) is 1. The minimum Gasteiger partial charge on any atom is -0.387 e. The monoisotopic (exact) mass is 290 g/mol. The van der Waals surface area contributed by atoms with Crippen LogP contribution in [0.15, 0.2) is 24.3 Å². The van der Waals surface area contributed by atoms with Gasteiger partial charge in [0, 0.05) is 32.7 Å². The molecule has 1 aromatic rings. The lowest BCUT2D eigenvalue weighted by Gasteiger charge is -2.36. The number of aryl methyl sites for hydroxylation is 1. The fraction of sp³-hybridized carbons (Fsp3) is 0.667. The average Bonchev–Trinajstić information content (AvgIpc) is 2.47. The number of rotatable bonds is 6. The highest BCUT2D eigenvalue weighted by atomic mass is 16.3.